The lowest BCUT2D eigenvalue weighted by Crippen LogP contribution is -2.33. The molecule has 0 aliphatic heterocycles. The van der Waals surface area contributed by atoms with Gasteiger partial charge in [0, 0.05) is 31.4 Å². The van der Waals surface area contributed by atoms with Gasteiger partial charge in [0.15, 0.2) is 0 Å². The number of hydrogen-bond donors (Lipinski definition) is 0. The topological polar surface area (TPSA) is 38.1 Å². The standard InChI is InChI=1S/C11H18ClN3O/c1-5-15(6-2)11(16)10(12)9-7-13-14(4)8(9)3/h7,10H,5-6H2,1-4H3. The average molecular weight is 244 g/mol. The van der Waals surface area contributed by atoms with Gasteiger partial charge < -0.3 is 4.90 Å². The Morgan fingerprint density at radius 3 is 2.50 bits per heavy atom. The van der Waals surface area contributed by atoms with Crippen LogP contribution in [0.5, 0.6) is 0 Å². The highest BCUT2D eigenvalue weighted by Gasteiger charge is 2.25. The van der Waals surface area contributed by atoms with Crippen LogP contribution in [-0.2, 0) is 11.8 Å². The minimum Gasteiger partial charge on any atom is -0.342 e. The van der Waals surface area contributed by atoms with E-state index in [1.54, 1.807) is 15.8 Å². The lowest BCUT2D eigenvalue weighted by molar-refractivity contribution is -0.130. The van der Waals surface area contributed by atoms with Crippen molar-refractivity contribution in [2.45, 2.75) is 26.1 Å². The van der Waals surface area contributed by atoms with Crippen molar-refractivity contribution in [2.75, 3.05) is 13.1 Å². The third-order valence-electron chi connectivity index (χ3n) is 2.84. The van der Waals surface area contributed by atoms with Crippen LogP contribution < -0.4 is 0 Å². The molecule has 1 heterocycles. The molecule has 0 saturated heterocycles. The minimum atomic E-state index is -0.631. The summed E-state index contributed by atoms with van der Waals surface area (Å²) in [5.41, 5.74) is 1.72. The molecule has 5 heteroatoms. The van der Waals surface area contributed by atoms with Crippen LogP contribution in [0, 0.1) is 6.92 Å². The second-order valence-corrected chi connectivity index (χ2v) is 4.12. The van der Waals surface area contributed by atoms with Crippen LogP contribution in [0.2, 0.25) is 0 Å². The molecule has 1 aromatic heterocycles. The van der Waals surface area contributed by atoms with Crippen molar-refractivity contribution in [3.8, 4) is 0 Å². The summed E-state index contributed by atoms with van der Waals surface area (Å²) >= 11 is 6.18. The highest BCUT2D eigenvalue weighted by molar-refractivity contribution is 6.30. The van der Waals surface area contributed by atoms with Gasteiger partial charge in [-0.15, -0.1) is 11.6 Å². The molecule has 0 radical (unpaired) electrons. The Morgan fingerprint density at radius 1 is 1.56 bits per heavy atom. The van der Waals surface area contributed by atoms with Crippen molar-refractivity contribution >= 4 is 17.5 Å². The van der Waals surface area contributed by atoms with Crippen LogP contribution in [-0.4, -0.2) is 33.7 Å². The molecule has 16 heavy (non-hydrogen) atoms. The minimum absolute atomic E-state index is 0.0530. The predicted molar refractivity (Wildman–Crippen MR) is 64.5 cm³/mol. The summed E-state index contributed by atoms with van der Waals surface area (Å²) in [7, 11) is 1.84. The van der Waals surface area contributed by atoms with Crippen molar-refractivity contribution in [3.05, 3.63) is 17.5 Å². The number of carbonyl (C=O) groups is 1. The van der Waals surface area contributed by atoms with E-state index in [4.69, 9.17) is 11.6 Å². The zero-order chi connectivity index (χ0) is 12.3. The van der Waals surface area contributed by atoms with Gasteiger partial charge in [0.2, 0.25) is 5.91 Å². The quantitative estimate of drug-likeness (QED) is 0.758. The van der Waals surface area contributed by atoms with Gasteiger partial charge in [-0.2, -0.15) is 5.10 Å². The van der Waals surface area contributed by atoms with Crippen molar-refractivity contribution < 1.29 is 4.79 Å². The Labute approximate surface area is 101 Å². The van der Waals surface area contributed by atoms with E-state index >= 15 is 0 Å². The molecule has 1 rings (SSSR count). The van der Waals surface area contributed by atoms with Crippen molar-refractivity contribution in [1.29, 1.82) is 0 Å². The Kier molecular flexibility index (Phi) is 4.35. The van der Waals surface area contributed by atoms with E-state index in [9.17, 15) is 4.79 Å². The molecule has 0 spiro atoms. The SMILES string of the molecule is CCN(CC)C(=O)C(Cl)c1cnn(C)c1C. The number of amides is 1. The van der Waals surface area contributed by atoms with Crippen LogP contribution >= 0.6 is 11.6 Å². The lowest BCUT2D eigenvalue weighted by Gasteiger charge is -2.21. The average Bonchev–Trinajstić information content (AvgIpc) is 2.60. The number of alkyl halides is 1. The first-order valence-corrected chi connectivity index (χ1v) is 5.87. The molecule has 4 nitrogen and oxygen atoms in total. The summed E-state index contributed by atoms with van der Waals surface area (Å²) in [5, 5.41) is 3.46. The number of rotatable bonds is 4. The number of halogens is 1. The summed E-state index contributed by atoms with van der Waals surface area (Å²) in [6.45, 7) is 7.16. The summed E-state index contributed by atoms with van der Waals surface area (Å²) in [6.07, 6.45) is 1.66. The molecular weight excluding hydrogens is 226 g/mol. The Balaban J connectivity index is 2.89. The number of carbonyl (C=O) groups excluding carboxylic acids is 1. The normalized spacial score (nSPS) is 12.6. The van der Waals surface area contributed by atoms with E-state index in [0.29, 0.717) is 13.1 Å². The zero-order valence-corrected chi connectivity index (χ0v) is 11.0. The molecule has 1 unspecified atom stereocenters. The third kappa shape index (κ3) is 2.38. The number of nitrogens with zero attached hydrogens (tertiary/aromatic N) is 3. The van der Waals surface area contributed by atoms with Crippen LogP contribution in [0.1, 0.15) is 30.5 Å². The van der Waals surface area contributed by atoms with Crippen LogP contribution in [0.4, 0.5) is 0 Å². The first-order valence-electron chi connectivity index (χ1n) is 5.44. The molecule has 0 N–H and O–H groups in total. The zero-order valence-electron chi connectivity index (χ0n) is 10.2. The smallest absolute Gasteiger partial charge is 0.245 e. The van der Waals surface area contributed by atoms with Gasteiger partial charge in [-0.05, 0) is 20.8 Å². The van der Waals surface area contributed by atoms with Gasteiger partial charge in [-0.3, -0.25) is 9.48 Å². The fourth-order valence-corrected chi connectivity index (χ4v) is 1.95. The molecular formula is C11H18ClN3O. The molecule has 1 atom stereocenters. The van der Waals surface area contributed by atoms with E-state index in [0.717, 1.165) is 11.3 Å². The molecule has 1 aromatic rings. The van der Waals surface area contributed by atoms with E-state index in [2.05, 4.69) is 5.10 Å². The van der Waals surface area contributed by atoms with E-state index in [-0.39, 0.29) is 5.91 Å². The maximum Gasteiger partial charge on any atom is 0.245 e. The highest BCUT2D eigenvalue weighted by atomic mass is 35.5. The maximum absolute atomic E-state index is 12.0. The Bertz CT molecular complexity index is 371. The lowest BCUT2D eigenvalue weighted by atomic mass is 10.1. The van der Waals surface area contributed by atoms with Crippen molar-refractivity contribution in [3.63, 3.8) is 0 Å². The molecule has 0 aliphatic rings. The number of aromatic nitrogens is 2. The predicted octanol–water partition coefficient (Wildman–Crippen LogP) is 1.88. The number of likely N-dealkylation sites (N-methyl/N-ethyl adjacent to an activating group) is 1. The van der Waals surface area contributed by atoms with Gasteiger partial charge in [0.05, 0.1) is 6.20 Å². The molecule has 1 amide bonds. The highest BCUT2D eigenvalue weighted by Crippen LogP contribution is 2.25. The monoisotopic (exact) mass is 243 g/mol. The van der Waals surface area contributed by atoms with E-state index < -0.39 is 5.38 Å². The molecule has 0 fully saturated rings. The van der Waals surface area contributed by atoms with E-state index in [1.807, 2.05) is 27.8 Å². The first-order chi connectivity index (χ1) is 7.52. The van der Waals surface area contributed by atoms with Gasteiger partial charge in [-0.25, -0.2) is 0 Å². The fourth-order valence-electron chi connectivity index (χ4n) is 1.59. The van der Waals surface area contributed by atoms with Gasteiger partial charge in [0.25, 0.3) is 0 Å². The summed E-state index contributed by atoms with van der Waals surface area (Å²) < 4.78 is 1.72. The summed E-state index contributed by atoms with van der Waals surface area (Å²) in [4.78, 5) is 13.8. The number of aryl methyl sites for hydroxylation is 1. The van der Waals surface area contributed by atoms with Gasteiger partial charge in [-0.1, -0.05) is 0 Å². The second-order valence-electron chi connectivity index (χ2n) is 3.68. The van der Waals surface area contributed by atoms with Gasteiger partial charge in [0.1, 0.15) is 5.38 Å². The first kappa shape index (κ1) is 13.0. The van der Waals surface area contributed by atoms with Crippen molar-refractivity contribution in [2.24, 2.45) is 7.05 Å². The molecule has 90 valence electrons. The van der Waals surface area contributed by atoms with Crippen LogP contribution in [0.25, 0.3) is 0 Å². The molecule has 0 aromatic carbocycles. The summed E-state index contributed by atoms with van der Waals surface area (Å²) in [5.74, 6) is -0.0530. The Morgan fingerprint density at radius 2 is 2.12 bits per heavy atom. The number of hydrogen-bond acceptors (Lipinski definition) is 2. The Hall–Kier alpha value is -1.03. The van der Waals surface area contributed by atoms with Crippen molar-refractivity contribution in [1.82, 2.24) is 14.7 Å². The van der Waals surface area contributed by atoms with Crippen LogP contribution in [0.3, 0.4) is 0 Å². The van der Waals surface area contributed by atoms with Crippen LogP contribution in [0.15, 0.2) is 6.20 Å². The van der Waals surface area contributed by atoms with E-state index in [1.165, 1.54) is 0 Å². The largest absolute Gasteiger partial charge is 0.342 e. The summed E-state index contributed by atoms with van der Waals surface area (Å²) in [6, 6.07) is 0. The van der Waals surface area contributed by atoms with Gasteiger partial charge >= 0.3 is 0 Å². The fraction of sp³-hybridized carbons (Fsp3) is 0.636. The maximum atomic E-state index is 12.0. The molecule has 0 aliphatic carbocycles. The molecule has 0 bridgehead atoms. The molecule has 0 saturated carbocycles. The third-order valence-corrected chi connectivity index (χ3v) is 3.26. The second kappa shape index (κ2) is 5.34.